The third-order valence-corrected chi connectivity index (χ3v) is 4.21. The van der Waals surface area contributed by atoms with Crippen LogP contribution in [0.15, 0.2) is 30.3 Å². The van der Waals surface area contributed by atoms with E-state index in [2.05, 4.69) is 5.32 Å². The largest absolute Gasteiger partial charge is 0.480 e. The van der Waals surface area contributed by atoms with Crippen LogP contribution in [0.4, 0.5) is 13.6 Å². The number of amides is 2. The minimum atomic E-state index is -3.05. The van der Waals surface area contributed by atoms with Gasteiger partial charge in [-0.2, -0.15) is 0 Å². The predicted octanol–water partition coefficient (Wildman–Crippen LogP) is 2.53. The van der Waals surface area contributed by atoms with Crippen LogP contribution in [0.5, 0.6) is 0 Å². The van der Waals surface area contributed by atoms with Gasteiger partial charge in [0.05, 0.1) is 6.61 Å². The molecular weight excluding hydrogens is 346 g/mol. The van der Waals surface area contributed by atoms with Crippen LogP contribution >= 0.6 is 0 Å². The number of ether oxygens (including phenoxy) is 1. The van der Waals surface area contributed by atoms with Crippen molar-refractivity contribution in [3.05, 3.63) is 35.9 Å². The first-order valence-electron chi connectivity index (χ1n) is 8.65. The van der Waals surface area contributed by atoms with E-state index >= 15 is 0 Å². The van der Waals surface area contributed by atoms with E-state index in [1.165, 1.54) is 4.90 Å². The number of rotatable bonds is 7. The Hall–Kier alpha value is -2.22. The second kappa shape index (κ2) is 9.47. The van der Waals surface area contributed by atoms with Crippen molar-refractivity contribution < 1.29 is 28.2 Å². The van der Waals surface area contributed by atoms with Crippen molar-refractivity contribution in [2.45, 2.75) is 37.6 Å². The minimum absolute atomic E-state index is 0.342. The average molecular weight is 370 g/mol. The van der Waals surface area contributed by atoms with E-state index in [-0.39, 0.29) is 6.42 Å². The fourth-order valence-corrected chi connectivity index (χ4v) is 2.79. The van der Waals surface area contributed by atoms with Gasteiger partial charge in [0.2, 0.25) is 0 Å². The lowest BCUT2D eigenvalue weighted by Crippen LogP contribution is -2.49. The molecule has 2 rings (SSSR count). The van der Waals surface area contributed by atoms with E-state index in [1.54, 1.807) is 30.3 Å². The molecule has 0 bridgehead atoms. The van der Waals surface area contributed by atoms with Crippen molar-refractivity contribution in [2.75, 3.05) is 26.3 Å². The molecule has 1 aromatic rings. The first-order valence-corrected chi connectivity index (χ1v) is 8.65. The van der Waals surface area contributed by atoms with Crippen molar-refractivity contribution in [3.63, 3.8) is 0 Å². The lowest BCUT2D eigenvalue weighted by Gasteiger charge is -2.24. The predicted molar refractivity (Wildman–Crippen MR) is 91.3 cm³/mol. The van der Waals surface area contributed by atoms with Crippen LogP contribution in [-0.4, -0.2) is 60.3 Å². The Bertz CT molecular complexity index is 590. The number of nitrogens with one attached hydrogen (secondary N) is 1. The molecule has 8 heteroatoms. The fourth-order valence-electron chi connectivity index (χ4n) is 2.79. The number of halogens is 2. The van der Waals surface area contributed by atoms with Crippen LogP contribution < -0.4 is 5.32 Å². The highest BCUT2D eigenvalue weighted by atomic mass is 19.3. The topological polar surface area (TPSA) is 78.9 Å². The molecule has 0 spiro atoms. The second-order valence-corrected chi connectivity index (χ2v) is 6.35. The van der Waals surface area contributed by atoms with Crippen LogP contribution in [0.1, 0.15) is 24.8 Å². The normalized spacial score (nSPS) is 16.6. The number of hydrogen-bond acceptors (Lipinski definition) is 3. The summed E-state index contributed by atoms with van der Waals surface area (Å²) in [6, 6.07) is 6.39. The third-order valence-electron chi connectivity index (χ3n) is 4.21. The Morgan fingerprint density at radius 3 is 2.65 bits per heavy atom. The molecule has 6 nitrogen and oxygen atoms in total. The number of carboxylic acids is 1. The van der Waals surface area contributed by atoms with E-state index in [0.29, 0.717) is 38.3 Å². The second-order valence-electron chi connectivity index (χ2n) is 6.35. The summed E-state index contributed by atoms with van der Waals surface area (Å²) in [6.45, 7) is 1.71. The SMILES string of the molecule is O=C(O)[C@H](CCC(F)(F)Cc1ccccc1)NC(=O)N1CCCOCC1. The highest BCUT2D eigenvalue weighted by Crippen LogP contribution is 2.26. The number of hydrogen-bond donors (Lipinski definition) is 2. The van der Waals surface area contributed by atoms with Gasteiger partial charge in [-0.25, -0.2) is 18.4 Å². The summed E-state index contributed by atoms with van der Waals surface area (Å²) in [5, 5.41) is 11.6. The molecule has 0 aromatic heterocycles. The summed E-state index contributed by atoms with van der Waals surface area (Å²) in [4.78, 5) is 25.0. The molecule has 0 saturated carbocycles. The number of nitrogens with zero attached hydrogens (tertiary/aromatic N) is 1. The van der Waals surface area contributed by atoms with Crippen molar-refractivity contribution in [3.8, 4) is 0 Å². The number of carbonyl (C=O) groups is 2. The third kappa shape index (κ3) is 6.59. The highest BCUT2D eigenvalue weighted by molar-refractivity contribution is 5.82. The van der Waals surface area contributed by atoms with Gasteiger partial charge in [0.1, 0.15) is 6.04 Å². The molecule has 2 amide bonds. The van der Waals surface area contributed by atoms with Gasteiger partial charge in [-0.3, -0.25) is 0 Å². The molecule has 1 fully saturated rings. The van der Waals surface area contributed by atoms with E-state index in [1.807, 2.05) is 0 Å². The van der Waals surface area contributed by atoms with Gasteiger partial charge < -0.3 is 20.1 Å². The van der Waals surface area contributed by atoms with Crippen molar-refractivity contribution in [1.82, 2.24) is 10.2 Å². The molecule has 1 aliphatic rings. The van der Waals surface area contributed by atoms with Gasteiger partial charge >= 0.3 is 12.0 Å². The van der Waals surface area contributed by atoms with E-state index in [0.717, 1.165) is 0 Å². The Balaban J connectivity index is 1.88. The van der Waals surface area contributed by atoms with Gasteiger partial charge in [-0.05, 0) is 18.4 Å². The Labute approximate surface area is 151 Å². The minimum Gasteiger partial charge on any atom is -0.480 e. The summed E-state index contributed by atoms with van der Waals surface area (Å²) in [5.41, 5.74) is 0.484. The van der Waals surface area contributed by atoms with Crippen LogP contribution in [0.3, 0.4) is 0 Å². The molecule has 1 aliphatic heterocycles. The molecule has 0 radical (unpaired) electrons. The summed E-state index contributed by atoms with van der Waals surface area (Å²) < 4.78 is 33.5. The number of alkyl halides is 2. The number of carboxylic acid groups (broad SMARTS) is 1. The first-order chi connectivity index (χ1) is 12.4. The Kier molecular flexibility index (Phi) is 7.32. The average Bonchev–Trinajstić information content (AvgIpc) is 2.88. The van der Waals surface area contributed by atoms with Gasteiger partial charge in [0.25, 0.3) is 5.92 Å². The summed E-state index contributed by atoms with van der Waals surface area (Å²) >= 11 is 0. The zero-order valence-corrected chi connectivity index (χ0v) is 14.5. The smallest absolute Gasteiger partial charge is 0.326 e. The fraction of sp³-hybridized carbons (Fsp3) is 0.556. The number of aliphatic carboxylic acids is 1. The number of carbonyl (C=O) groups excluding carboxylic acids is 1. The maximum Gasteiger partial charge on any atom is 0.326 e. The van der Waals surface area contributed by atoms with Crippen LogP contribution in [0.25, 0.3) is 0 Å². The zero-order valence-electron chi connectivity index (χ0n) is 14.5. The maximum absolute atomic E-state index is 14.1. The quantitative estimate of drug-likeness (QED) is 0.773. The molecule has 1 saturated heterocycles. The molecular formula is C18H24F2N2O4. The highest BCUT2D eigenvalue weighted by Gasteiger charge is 2.32. The summed E-state index contributed by atoms with van der Waals surface area (Å²) in [7, 11) is 0. The molecule has 1 aromatic carbocycles. The van der Waals surface area contributed by atoms with E-state index in [9.17, 15) is 23.5 Å². The molecule has 0 aliphatic carbocycles. The van der Waals surface area contributed by atoms with Crippen molar-refractivity contribution >= 4 is 12.0 Å². The van der Waals surface area contributed by atoms with Crippen LogP contribution in [0, 0.1) is 0 Å². The van der Waals surface area contributed by atoms with Crippen molar-refractivity contribution in [2.24, 2.45) is 0 Å². The molecule has 2 N–H and O–H groups in total. The summed E-state index contributed by atoms with van der Waals surface area (Å²) in [5.74, 6) is -4.36. The van der Waals surface area contributed by atoms with E-state index in [4.69, 9.17) is 4.74 Å². The van der Waals surface area contributed by atoms with Gasteiger partial charge in [-0.1, -0.05) is 30.3 Å². The van der Waals surface area contributed by atoms with Gasteiger partial charge in [0.15, 0.2) is 0 Å². The Morgan fingerprint density at radius 1 is 1.23 bits per heavy atom. The zero-order chi connectivity index (χ0) is 19.0. The lowest BCUT2D eigenvalue weighted by molar-refractivity contribution is -0.139. The van der Waals surface area contributed by atoms with Gasteiger partial charge in [0, 0.05) is 32.5 Å². The lowest BCUT2D eigenvalue weighted by atomic mass is 10.0. The van der Waals surface area contributed by atoms with Crippen molar-refractivity contribution in [1.29, 1.82) is 0 Å². The standard InChI is InChI=1S/C18H24F2N2O4/c19-18(20,13-14-5-2-1-3-6-14)8-7-15(16(23)24)21-17(25)22-9-4-11-26-12-10-22/h1-3,5-6,15H,4,7-13H2,(H,21,25)(H,23,24)/t15-/m0/s1. The number of benzene rings is 1. The first kappa shape index (κ1) is 20.1. The maximum atomic E-state index is 14.1. The molecule has 1 heterocycles. The Morgan fingerprint density at radius 2 is 1.96 bits per heavy atom. The molecule has 0 unspecified atom stereocenters. The van der Waals surface area contributed by atoms with Gasteiger partial charge in [-0.15, -0.1) is 0 Å². The summed E-state index contributed by atoms with van der Waals surface area (Å²) in [6.07, 6.45) is -0.772. The molecule has 144 valence electrons. The number of urea groups is 1. The molecule has 1 atom stereocenters. The molecule has 26 heavy (non-hydrogen) atoms. The van der Waals surface area contributed by atoms with Crippen LogP contribution in [-0.2, 0) is 16.0 Å². The monoisotopic (exact) mass is 370 g/mol. The van der Waals surface area contributed by atoms with Crippen LogP contribution in [0.2, 0.25) is 0 Å². The van der Waals surface area contributed by atoms with E-state index < -0.39 is 36.8 Å².